The second kappa shape index (κ2) is 10.0. The van der Waals surface area contributed by atoms with Crippen LogP contribution >= 0.6 is 0 Å². The lowest BCUT2D eigenvalue weighted by Gasteiger charge is -2.29. The van der Waals surface area contributed by atoms with Crippen LogP contribution in [0, 0.1) is 10.1 Å². The van der Waals surface area contributed by atoms with Crippen molar-refractivity contribution in [3.63, 3.8) is 0 Å². The van der Waals surface area contributed by atoms with Crippen molar-refractivity contribution >= 4 is 5.69 Å². The van der Waals surface area contributed by atoms with Crippen molar-refractivity contribution in [3.05, 3.63) is 70.3 Å². The average Bonchev–Trinajstić information content (AvgIpc) is 2.70. The van der Waals surface area contributed by atoms with Crippen molar-refractivity contribution in [2.45, 2.75) is 19.4 Å². The molecule has 1 heterocycles. The normalized spacial score (nSPS) is 19.6. The molecule has 1 aliphatic rings. The summed E-state index contributed by atoms with van der Waals surface area (Å²) in [5.41, 5.74) is 1.50. The molecule has 1 aliphatic heterocycles. The van der Waals surface area contributed by atoms with Crippen LogP contribution in [-0.4, -0.2) is 44.3 Å². The van der Waals surface area contributed by atoms with Crippen LogP contribution in [0.1, 0.15) is 18.4 Å². The van der Waals surface area contributed by atoms with E-state index in [9.17, 15) is 10.1 Å². The molecule has 2 aromatic carbocycles. The van der Waals surface area contributed by atoms with Gasteiger partial charge in [0.15, 0.2) is 0 Å². The van der Waals surface area contributed by atoms with Crippen LogP contribution in [0.3, 0.4) is 0 Å². The molecule has 0 aromatic heterocycles. The highest BCUT2D eigenvalue weighted by molar-refractivity contribution is 5.37. The lowest BCUT2D eigenvalue weighted by Crippen LogP contribution is -3.27. The average molecular weight is 371 g/mol. The van der Waals surface area contributed by atoms with E-state index >= 15 is 0 Å². The Morgan fingerprint density at radius 1 is 0.926 bits per heavy atom. The number of piperazine rings is 1. The van der Waals surface area contributed by atoms with E-state index in [1.54, 1.807) is 21.9 Å². The zero-order chi connectivity index (χ0) is 18.9. The molecule has 0 spiro atoms. The minimum atomic E-state index is -0.393. The van der Waals surface area contributed by atoms with Gasteiger partial charge < -0.3 is 14.5 Å². The lowest BCUT2D eigenvalue weighted by atomic mass is 10.2. The first kappa shape index (κ1) is 19.3. The molecule has 144 valence electrons. The monoisotopic (exact) mass is 371 g/mol. The van der Waals surface area contributed by atoms with Crippen molar-refractivity contribution in [1.29, 1.82) is 0 Å². The van der Waals surface area contributed by atoms with Crippen LogP contribution in [-0.2, 0) is 6.54 Å². The molecule has 6 nitrogen and oxygen atoms in total. The third kappa shape index (κ3) is 6.34. The minimum Gasteiger partial charge on any atom is -0.493 e. The maximum Gasteiger partial charge on any atom is 0.273 e. The summed E-state index contributed by atoms with van der Waals surface area (Å²) < 4.78 is 5.65. The summed E-state index contributed by atoms with van der Waals surface area (Å²) in [4.78, 5) is 13.7. The smallest absolute Gasteiger partial charge is 0.273 e. The second-order valence-electron chi connectivity index (χ2n) is 7.22. The van der Waals surface area contributed by atoms with Crippen LogP contribution < -0.4 is 14.5 Å². The van der Waals surface area contributed by atoms with Gasteiger partial charge in [-0.05, 0) is 18.9 Å². The summed E-state index contributed by atoms with van der Waals surface area (Å²) in [6.07, 6.45) is 2.10. The largest absolute Gasteiger partial charge is 0.493 e. The molecule has 1 fully saturated rings. The third-order valence-corrected chi connectivity index (χ3v) is 5.18. The Morgan fingerprint density at radius 2 is 1.67 bits per heavy atom. The molecule has 3 rings (SSSR count). The molecule has 0 bridgehead atoms. The van der Waals surface area contributed by atoms with E-state index in [0.29, 0.717) is 12.4 Å². The third-order valence-electron chi connectivity index (χ3n) is 5.18. The standard InChI is InChI=1S/C21H27N3O3/c25-24(26)20-9-6-10-21(17-20)27-16-5-4-11-22-12-14-23(15-13-22)18-19-7-2-1-3-8-19/h1-3,6-10,17H,4-5,11-16,18H2/p+2. The minimum absolute atomic E-state index is 0.0767. The van der Waals surface area contributed by atoms with Gasteiger partial charge in [0.1, 0.15) is 38.5 Å². The van der Waals surface area contributed by atoms with E-state index in [4.69, 9.17) is 4.74 Å². The number of benzene rings is 2. The van der Waals surface area contributed by atoms with E-state index in [1.165, 1.54) is 50.4 Å². The maximum absolute atomic E-state index is 10.8. The van der Waals surface area contributed by atoms with Gasteiger partial charge >= 0.3 is 0 Å². The van der Waals surface area contributed by atoms with Gasteiger partial charge in [0.2, 0.25) is 0 Å². The summed E-state index contributed by atoms with van der Waals surface area (Å²) in [6, 6.07) is 17.1. The highest BCUT2D eigenvalue weighted by Gasteiger charge is 2.22. The molecule has 1 saturated heterocycles. The van der Waals surface area contributed by atoms with Crippen LogP contribution in [0.2, 0.25) is 0 Å². The molecule has 2 aromatic rings. The van der Waals surface area contributed by atoms with Gasteiger partial charge in [0.05, 0.1) is 24.1 Å². The van der Waals surface area contributed by atoms with E-state index < -0.39 is 4.92 Å². The number of hydrogen-bond donors (Lipinski definition) is 2. The van der Waals surface area contributed by atoms with Crippen LogP contribution in [0.5, 0.6) is 5.75 Å². The quantitative estimate of drug-likeness (QED) is 0.388. The Hall–Kier alpha value is -2.44. The highest BCUT2D eigenvalue weighted by Crippen LogP contribution is 2.19. The molecule has 2 N–H and O–H groups in total. The molecule has 0 unspecified atom stereocenters. The Morgan fingerprint density at radius 3 is 2.41 bits per heavy atom. The summed E-state index contributed by atoms with van der Waals surface area (Å²) in [5, 5.41) is 10.8. The number of nitrogens with one attached hydrogen (secondary N) is 2. The van der Waals surface area contributed by atoms with Crippen molar-refractivity contribution < 1.29 is 19.5 Å². The van der Waals surface area contributed by atoms with Crippen molar-refractivity contribution in [3.8, 4) is 5.75 Å². The maximum atomic E-state index is 10.8. The highest BCUT2D eigenvalue weighted by atomic mass is 16.6. The van der Waals surface area contributed by atoms with Crippen molar-refractivity contribution in [2.75, 3.05) is 39.3 Å². The number of quaternary nitrogens is 2. The number of nitrogens with zero attached hydrogens (tertiary/aromatic N) is 1. The van der Waals surface area contributed by atoms with E-state index in [2.05, 4.69) is 30.3 Å². The predicted molar refractivity (Wildman–Crippen MR) is 104 cm³/mol. The van der Waals surface area contributed by atoms with Gasteiger partial charge in [0.25, 0.3) is 5.69 Å². The van der Waals surface area contributed by atoms with E-state index in [-0.39, 0.29) is 5.69 Å². The van der Waals surface area contributed by atoms with Gasteiger partial charge in [-0.1, -0.05) is 36.4 Å². The Labute approximate surface area is 160 Å². The first-order valence-electron chi connectivity index (χ1n) is 9.79. The molecular weight excluding hydrogens is 342 g/mol. The fourth-order valence-corrected chi connectivity index (χ4v) is 3.62. The van der Waals surface area contributed by atoms with E-state index in [1.807, 2.05) is 0 Å². The summed E-state index contributed by atoms with van der Waals surface area (Å²) in [6.45, 7) is 7.84. The Kier molecular flexibility index (Phi) is 7.19. The first-order chi connectivity index (χ1) is 13.2. The molecule has 27 heavy (non-hydrogen) atoms. The van der Waals surface area contributed by atoms with Gasteiger partial charge in [-0.2, -0.15) is 0 Å². The summed E-state index contributed by atoms with van der Waals surface area (Å²) >= 11 is 0. The Balaban J connectivity index is 1.28. The van der Waals surface area contributed by atoms with Gasteiger partial charge in [-0.25, -0.2) is 0 Å². The van der Waals surface area contributed by atoms with E-state index in [0.717, 1.165) is 19.4 Å². The number of nitro benzene ring substituents is 1. The fourth-order valence-electron chi connectivity index (χ4n) is 3.62. The van der Waals surface area contributed by atoms with Crippen molar-refractivity contribution in [1.82, 2.24) is 0 Å². The number of ether oxygens (including phenoxy) is 1. The lowest BCUT2D eigenvalue weighted by molar-refractivity contribution is -1.02. The molecule has 0 saturated carbocycles. The predicted octanol–water partition coefficient (Wildman–Crippen LogP) is 0.737. The first-order valence-corrected chi connectivity index (χ1v) is 9.79. The zero-order valence-electron chi connectivity index (χ0n) is 15.7. The Bertz CT molecular complexity index is 716. The number of nitro groups is 1. The molecule has 0 amide bonds. The second-order valence-corrected chi connectivity index (χ2v) is 7.22. The molecule has 0 atom stereocenters. The molecule has 6 heteroatoms. The number of unbranched alkanes of at least 4 members (excludes halogenated alkanes) is 1. The topological polar surface area (TPSA) is 61.2 Å². The number of hydrogen-bond acceptors (Lipinski definition) is 3. The van der Waals surface area contributed by atoms with Crippen LogP contribution in [0.4, 0.5) is 5.69 Å². The molecule has 0 radical (unpaired) electrons. The van der Waals surface area contributed by atoms with Gasteiger partial charge in [-0.3, -0.25) is 10.1 Å². The molecule has 0 aliphatic carbocycles. The number of rotatable bonds is 9. The number of non-ortho nitro benzene ring substituents is 1. The van der Waals surface area contributed by atoms with Crippen LogP contribution in [0.25, 0.3) is 0 Å². The SMILES string of the molecule is O=[N+]([O-])c1cccc(OCCCC[NH+]2CC[NH+](Cc3ccccc3)CC2)c1. The summed E-state index contributed by atoms with van der Waals surface area (Å²) in [5.74, 6) is 0.578. The van der Waals surface area contributed by atoms with Crippen molar-refractivity contribution in [2.24, 2.45) is 0 Å². The van der Waals surface area contributed by atoms with Gasteiger partial charge in [0, 0.05) is 11.6 Å². The molecular formula is C21H29N3O3+2. The van der Waals surface area contributed by atoms with Crippen LogP contribution in [0.15, 0.2) is 54.6 Å². The van der Waals surface area contributed by atoms with Gasteiger partial charge in [-0.15, -0.1) is 0 Å². The zero-order valence-corrected chi connectivity index (χ0v) is 15.7. The summed E-state index contributed by atoms with van der Waals surface area (Å²) in [7, 11) is 0. The fraction of sp³-hybridized carbons (Fsp3) is 0.429.